The monoisotopic (exact) mass is 365 g/mol. The number of carbonyl (C=O) groups is 1. The van der Waals surface area contributed by atoms with E-state index in [2.05, 4.69) is 15.0 Å². The Hall–Kier alpha value is -2.26. The van der Waals surface area contributed by atoms with Crippen LogP contribution < -0.4 is 10.6 Å². The number of benzene rings is 1. The van der Waals surface area contributed by atoms with Gasteiger partial charge in [0.05, 0.1) is 24.2 Å². The molecule has 2 heterocycles. The van der Waals surface area contributed by atoms with E-state index in [1.54, 1.807) is 24.3 Å². The molecule has 0 aliphatic carbocycles. The van der Waals surface area contributed by atoms with Crippen LogP contribution in [0.25, 0.3) is 0 Å². The lowest BCUT2D eigenvalue weighted by Gasteiger charge is -2.17. The molecule has 1 aliphatic rings. The molecule has 0 bridgehead atoms. The number of rotatable bonds is 4. The van der Waals surface area contributed by atoms with E-state index in [0.29, 0.717) is 11.4 Å². The number of furan rings is 1. The van der Waals surface area contributed by atoms with Crippen LogP contribution in [0.1, 0.15) is 11.3 Å². The molecule has 1 amide bonds. The van der Waals surface area contributed by atoms with Crippen LogP contribution in [0.2, 0.25) is 0 Å². The van der Waals surface area contributed by atoms with E-state index >= 15 is 0 Å². The van der Waals surface area contributed by atoms with Crippen LogP contribution in [0.3, 0.4) is 0 Å². The van der Waals surface area contributed by atoms with Crippen molar-refractivity contribution in [3.05, 3.63) is 47.9 Å². The van der Waals surface area contributed by atoms with E-state index in [0.717, 1.165) is 17.3 Å². The van der Waals surface area contributed by atoms with Crippen molar-refractivity contribution in [2.24, 2.45) is 4.40 Å². The minimum absolute atomic E-state index is 0.0449. The van der Waals surface area contributed by atoms with E-state index in [-0.39, 0.29) is 28.3 Å². The third kappa shape index (κ3) is 3.80. The number of nitrogens with one attached hydrogen (secondary N) is 2. The number of nitrogens with zero attached hydrogens (tertiary/aromatic N) is 1. The van der Waals surface area contributed by atoms with E-state index in [1.807, 2.05) is 6.92 Å². The van der Waals surface area contributed by atoms with Gasteiger partial charge in [0.2, 0.25) is 5.91 Å². The lowest BCUT2D eigenvalue weighted by atomic mass is 10.2. The van der Waals surface area contributed by atoms with Crippen LogP contribution in [-0.2, 0) is 21.4 Å². The molecule has 1 aliphatic heterocycles. The predicted molar refractivity (Wildman–Crippen MR) is 92.4 cm³/mol. The number of thioether (sulfide) groups is 1. The Labute approximate surface area is 143 Å². The van der Waals surface area contributed by atoms with Crippen molar-refractivity contribution >= 4 is 38.5 Å². The summed E-state index contributed by atoms with van der Waals surface area (Å²) in [4.78, 5) is 12.0. The Kier molecular flexibility index (Phi) is 4.63. The lowest BCUT2D eigenvalue weighted by Crippen LogP contribution is -2.26. The SMILES string of the molecule is Cc1ccc2c(c1)NC(SCC(=O)NCc1ccco1)=NS2(=O)=O. The molecule has 0 unspecified atom stereocenters. The fraction of sp³-hybridized carbons (Fsp3) is 0.200. The van der Waals surface area contributed by atoms with Crippen molar-refractivity contribution in [1.82, 2.24) is 5.32 Å². The number of amides is 1. The van der Waals surface area contributed by atoms with Gasteiger partial charge in [-0.2, -0.15) is 8.42 Å². The number of anilines is 1. The van der Waals surface area contributed by atoms with Crippen LogP contribution >= 0.6 is 11.8 Å². The van der Waals surface area contributed by atoms with Gasteiger partial charge in [-0.1, -0.05) is 17.8 Å². The van der Waals surface area contributed by atoms with Gasteiger partial charge in [-0.15, -0.1) is 4.40 Å². The molecule has 0 fully saturated rings. The lowest BCUT2D eigenvalue weighted by molar-refractivity contribution is -0.118. The quantitative estimate of drug-likeness (QED) is 0.861. The second-order valence-electron chi connectivity index (χ2n) is 5.14. The van der Waals surface area contributed by atoms with E-state index in [4.69, 9.17) is 4.42 Å². The summed E-state index contributed by atoms with van der Waals surface area (Å²) in [5.41, 5.74) is 1.40. The van der Waals surface area contributed by atoms with Crippen molar-refractivity contribution in [1.29, 1.82) is 0 Å². The Morgan fingerprint density at radius 3 is 2.96 bits per heavy atom. The number of fused-ring (bicyclic) bond motifs is 1. The number of carbonyl (C=O) groups excluding carboxylic acids is 1. The highest BCUT2D eigenvalue weighted by Gasteiger charge is 2.25. The van der Waals surface area contributed by atoms with Crippen LogP contribution in [0.5, 0.6) is 0 Å². The maximum absolute atomic E-state index is 12.2. The molecule has 2 aromatic rings. The van der Waals surface area contributed by atoms with Gasteiger partial charge in [0.15, 0.2) is 5.17 Å². The normalized spacial score (nSPS) is 15.1. The summed E-state index contributed by atoms with van der Waals surface area (Å²) in [6, 6.07) is 8.47. The van der Waals surface area contributed by atoms with Gasteiger partial charge < -0.3 is 15.1 Å². The second-order valence-corrected chi connectivity index (χ2v) is 7.68. The summed E-state index contributed by atoms with van der Waals surface area (Å²) in [5, 5.41) is 5.82. The summed E-state index contributed by atoms with van der Waals surface area (Å²) >= 11 is 1.03. The first-order valence-corrected chi connectivity index (χ1v) is 9.51. The van der Waals surface area contributed by atoms with Gasteiger partial charge >= 0.3 is 0 Å². The average Bonchev–Trinajstić information content (AvgIpc) is 3.03. The van der Waals surface area contributed by atoms with Gasteiger partial charge in [-0.05, 0) is 36.8 Å². The van der Waals surface area contributed by atoms with Crippen LogP contribution in [-0.4, -0.2) is 25.2 Å². The molecule has 2 N–H and O–H groups in total. The number of aryl methyl sites for hydroxylation is 1. The minimum Gasteiger partial charge on any atom is -0.467 e. The predicted octanol–water partition coefficient (Wildman–Crippen LogP) is 2.11. The topological polar surface area (TPSA) is 101 Å². The van der Waals surface area contributed by atoms with Crippen molar-refractivity contribution in [2.45, 2.75) is 18.4 Å². The summed E-state index contributed by atoms with van der Waals surface area (Å²) in [5.74, 6) is 0.449. The molecule has 126 valence electrons. The summed E-state index contributed by atoms with van der Waals surface area (Å²) < 4.78 is 33.2. The molecule has 3 rings (SSSR count). The zero-order valence-corrected chi connectivity index (χ0v) is 14.4. The van der Waals surface area contributed by atoms with E-state index < -0.39 is 10.0 Å². The number of hydrogen-bond donors (Lipinski definition) is 2. The van der Waals surface area contributed by atoms with Gasteiger partial charge in [-0.25, -0.2) is 0 Å². The fourth-order valence-electron chi connectivity index (χ4n) is 2.11. The van der Waals surface area contributed by atoms with Crippen molar-refractivity contribution in [2.75, 3.05) is 11.1 Å². The first-order valence-electron chi connectivity index (χ1n) is 7.08. The van der Waals surface area contributed by atoms with Crippen LogP contribution in [0.4, 0.5) is 5.69 Å². The van der Waals surface area contributed by atoms with Gasteiger partial charge in [0, 0.05) is 0 Å². The highest BCUT2D eigenvalue weighted by atomic mass is 32.2. The zero-order valence-electron chi connectivity index (χ0n) is 12.8. The van der Waals surface area contributed by atoms with Crippen molar-refractivity contribution < 1.29 is 17.6 Å². The smallest absolute Gasteiger partial charge is 0.286 e. The van der Waals surface area contributed by atoms with Crippen molar-refractivity contribution in [3.63, 3.8) is 0 Å². The third-order valence-corrected chi connectivity index (χ3v) is 5.56. The largest absolute Gasteiger partial charge is 0.467 e. The molecule has 0 saturated carbocycles. The summed E-state index contributed by atoms with van der Waals surface area (Å²) in [7, 11) is -3.75. The van der Waals surface area contributed by atoms with E-state index in [1.165, 1.54) is 12.3 Å². The highest BCUT2D eigenvalue weighted by Crippen LogP contribution is 2.30. The number of amidine groups is 1. The number of hydrogen-bond acceptors (Lipinski definition) is 6. The van der Waals surface area contributed by atoms with Gasteiger partial charge in [-0.3, -0.25) is 4.79 Å². The molecule has 0 atom stereocenters. The Morgan fingerprint density at radius 2 is 2.21 bits per heavy atom. The first kappa shape index (κ1) is 16.6. The Bertz CT molecular complexity index is 889. The average molecular weight is 365 g/mol. The zero-order chi connectivity index (χ0) is 17.2. The molecule has 0 radical (unpaired) electrons. The molecule has 24 heavy (non-hydrogen) atoms. The van der Waals surface area contributed by atoms with Crippen LogP contribution in [0, 0.1) is 6.92 Å². The molecule has 1 aromatic carbocycles. The Balaban J connectivity index is 1.62. The summed E-state index contributed by atoms with van der Waals surface area (Å²) in [6.07, 6.45) is 1.53. The molecule has 0 spiro atoms. The Morgan fingerprint density at radius 1 is 1.38 bits per heavy atom. The molecule has 9 heteroatoms. The summed E-state index contributed by atoms with van der Waals surface area (Å²) in [6.45, 7) is 2.15. The van der Waals surface area contributed by atoms with Crippen LogP contribution in [0.15, 0.2) is 50.3 Å². The van der Waals surface area contributed by atoms with Crippen molar-refractivity contribution in [3.8, 4) is 0 Å². The first-order chi connectivity index (χ1) is 11.4. The molecule has 1 aromatic heterocycles. The fourth-order valence-corrected chi connectivity index (χ4v) is 4.16. The third-order valence-electron chi connectivity index (χ3n) is 3.24. The molecular weight excluding hydrogens is 350 g/mol. The number of sulfonamides is 1. The second kappa shape index (κ2) is 6.70. The molecule has 0 saturated heterocycles. The standard InChI is InChI=1S/C15H15N3O4S2/c1-10-4-5-13-12(7-10)17-15(18-24(13,20)21)23-9-14(19)16-8-11-3-2-6-22-11/h2-7H,8-9H2,1H3,(H,16,19)(H,17,18). The van der Waals surface area contributed by atoms with E-state index in [9.17, 15) is 13.2 Å². The highest BCUT2D eigenvalue weighted by molar-refractivity contribution is 8.15. The molecule has 7 nitrogen and oxygen atoms in total. The minimum atomic E-state index is -3.75. The van der Waals surface area contributed by atoms with Gasteiger partial charge in [0.1, 0.15) is 10.7 Å². The maximum Gasteiger partial charge on any atom is 0.286 e. The maximum atomic E-state index is 12.2. The van der Waals surface area contributed by atoms with Gasteiger partial charge in [0.25, 0.3) is 10.0 Å². The molecular formula is C15H15N3O4S2.